The van der Waals surface area contributed by atoms with Gasteiger partial charge >= 0.3 is 0 Å². The molecule has 4 aromatic rings. The number of hydrogen-bond acceptors (Lipinski definition) is 5. The van der Waals surface area contributed by atoms with Crippen molar-refractivity contribution in [3.8, 4) is 16.9 Å². The highest BCUT2D eigenvalue weighted by molar-refractivity contribution is 5.98. The van der Waals surface area contributed by atoms with E-state index in [0.29, 0.717) is 30.8 Å². The molecule has 1 aromatic heterocycles. The van der Waals surface area contributed by atoms with E-state index in [0.717, 1.165) is 65.5 Å². The van der Waals surface area contributed by atoms with E-state index in [1.807, 2.05) is 28.9 Å². The van der Waals surface area contributed by atoms with Gasteiger partial charge in [0.2, 0.25) is 0 Å². The Labute approximate surface area is 221 Å². The normalized spacial score (nSPS) is 16.2. The first-order chi connectivity index (χ1) is 18.4. The highest BCUT2D eigenvalue weighted by Gasteiger charge is 2.24. The third kappa shape index (κ3) is 4.75. The molecule has 1 saturated heterocycles. The number of benzene rings is 3. The Morgan fingerprint density at radius 1 is 0.816 bits per heavy atom. The molecule has 8 nitrogen and oxygen atoms in total. The van der Waals surface area contributed by atoms with E-state index in [1.165, 1.54) is 0 Å². The number of ether oxygens (including phenoxy) is 1. The Kier molecular flexibility index (Phi) is 6.33. The van der Waals surface area contributed by atoms with E-state index in [4.69, 9.17) is 4.74 Å². The van der Waals surface area contributed by atoms with Crippen LogP contribution in [0.15, 0.2) is 60.7 Å². The molecule has 2 aliphatic heterocycles. The SMILES string of the molecule is Cc1nc2ccc(-c3ccc4c(c3)CN(C(=O)c3ccc(C(=O)N5CCN(C)CC5)cc3)CCO4)cc2[nH]1. The van der Waals surface area contributed by atoms with Gasteiger partial charge in [0.25, 0.3) is 11.8 Å². The molecule has 0 radical (unpaired) electrons. The molecule has 0 bridgehead atoms. The lowest BCUT2D eigenvalue weighted by atomic mass is 10.0. The maximum atomic E-state index is 13.4. The molecule has 8 heteroatoms. The van der Waals surface area contributed by atoms with E-state index in [2.05, 4.69) is 46.2 Å². The average molecular weight is 510 g/mol. The zero-order valence-electron chi connectivity index (χ0n) is 21.7. The van der Waals surface area contributed by atoms with Gasteiger partial charge in [-0.15, -0.1) is 0 Å². The molecule has 0 atom stereocenters. The van der Waals surface area contributed by atoms with Crippen molar-refractivity contribution in [2.24, 2.45) is 0 Å². The third-order valence-corrected chi connectivity index (χ3v) is 7.43. The van der Waals surface area contributed by atoms with Gasteiger partial charge < -0.3 is 24.4 Å². The summed E-state index contributed by atoms with van der Waals surface area (Å²) in [5, 5.41) is 0. The predicted octanol–water partition coefficient (Wildman–Crippen LogP) is 3.96. The lowest BCUT2D eigenvalue weighted by Crippen LogP contribution is -2.47. The number of carbonyl (C=O) groups is 2. The number of likely N-dealkylation sites (N-methyl/N-ethyl adjacent to an activating group) is 1. The molecule has 2 aliphatic rings. The number of nitrogens with zero attached hydrogens (tertiary/aromatic N) is 4. The van der Waals surface area contributed by atoms with Gasteiger partial charge in [0.1, 0.15) is 18.2 Å². The number of piperazine rings is 1. The number of nitrogens with one attached hydrogen (secondary N) is 1. The van der Waals surface area contributed by atoms with E-state index < -0.39 is 0 Å². The van der Waals surface area contributed by atoms with Crippen LogP contribution in [0.4, 0.5) is 0 Å². The van der Waals surface area contributed by atoms with Gasteiger partial charge in [0.15, 0.2) is 0 Å². The molecule has 3 aromatic carbocycles. The number of carbonyl (C=O) groups excluding carboxylic acids is 2. The molecule has 1 N–H and O–H groups in total. The molecule has 194 valence electrons. The Morgan fingerprint density at radius 3 is 2.21 bits per heavy atom. The van der Waals surface area contributed by atoms with Crippen LogP contribution in [0.2, 0.25) is 0 Å². The summed E-state index contributed by atoms with van der Waals surface area (Å²) in [7, 11) is 2.07. The first-order valence-corrected chi connectivity index (χ1v) is 13.0. The van der Waals surface area contributed by atoms with Gasteiger partial charge in [-0.05, 0) is 73.6 Å². The largest absolute Gasteiger partial charge is 0.491 e. The first-order valence-electron chi connectivity index (χ1n) is 13.0. The zero-order valence-corrected chi connectivity index (χ0v) is 21.7. The third-order valence-electron chi connectivity index (χ3n) is 7.43. The molecular formula is C30H31N5O3. The lowest BCUT2D eigenvalue weighted by Gasteiger charge is -2.32. The minimum atomic E-state index is -0.0696. The number of aromatic nitrogens is 2. The number of aromatic amines is 1. The van der Waals surface area contributed by atoms with Crippen molar-refractivity contribution >= 4 is 22.8 Å². The van der Waals surface area contributed by atoms with Gasteiger partial charge in [0.05, 0.1) is 17.6 Å². The Hall–Kier alpha value is -4.17. The van der Waals surface area contributed by atoms with Gasteiger partial charge in [-0.2, -0.15) is 0 Å². The molecule has 0 spiro atoms. The minimum absolute atomic E-state index is 0.0187. The Morgan fingerprint density at radius 2 is 1.47 bits per heavy atom. The van der Waals surface area contributed by atoms with E-state index >= 15 is 0 Å². The van der Waals surface area contributed by atoms with Crippen molar-refractivity contribution in [2.45, 2.75) is 13.5 Å². The summed E-state index contributed by atoms with van der Waals surface area (Å²) in [6.07, 6.45) is 0. The number of aryl methyl sites for hydroxylation is 1. The minimum Gasteiger partial charge on any atom is -0.491 e. The quantitative estimate of drug-likeness (QED) is 0.452. The lowest BCUT2D eigenvalue weighted by molar-refractivity contribution is 0.0662. The number of hydrogen-bond donors (Lipinski definition) is 1. The molecule has 6 rings (SSSR count). The van der Waals surface area contributed by atoms with Gasteiger partial charge in [0, 0.05) is 49.4 Å². The molecule has 2 amide bonds. The van der Waals surface area contributed by atoms with E-state index in [9.17, 15) is 9.59 Å². The number of imidazole rings is 1. The van der Waals surface area contributed by atoms with Crippen LogP contribution in [-0.2, 0) is 6.54 Å². The van der Waals surface area contributed by atoms with E-state index in [1.54, 1.807) is 24.3 Å². The number of fused-ring (bicyclic) bond motifs is 2. The number of rotatable bonds is 3. The van der Waals surface area contributed by atoms with Crippen LogP contribution in [0, 0.1) is 6.92 Å². The smallest absolute Gasteiger partial charge is 0.254 e. The van der Waals surface area contributed by atoms with Crippen LogP contribution in [-0.4, -0.2) is 82.9 Å². The molecule has 3 heterocycles. The summed E-state index contributed by atoms with van der Waals surface area (Å²) in [6.45, 7) is 6.52. The van der Waals surface area contributed by atoms with Crippen LogP contribution in [0.1, 0.15) is 32.1 Å². The van der Waals surface area contributed by atoms with Crippen molar-refractivity contribution in [3.05, 3.63) is 83.2 Å². The summed E-state index contributed by atoms with van der Waals surface area (Å²) < 4.78 is 5.99. The van der Waals surface area contributed by atoms with Crippen molar-refractivity contribution in [1.29, 1.82) is 0 Å². The van der Waals surface area contributed by atoms with Crippen LogP contribution in [0.5, 0.6) is 5.75 Å². The summed E-state index contributed by atoms with van der Waals surface area (Å²) in [4.78, 5) is 40.0. The Bertz CT molecular complexity index is 1500. The molecular weight excluding hydrogens is 478 g/mol. The zero-order chi connectivity index (χ0) is 26.2. The van der Waals surface area contributed by atoms with Gasteiger partial charge in [-0.25, -0.2) is 4.98 Å². The van der Waals surface area contributed by atoms with Crippen molar-refractivity contribution in [1.82, 2.24) is 24.7 Å². The fraction of sp³-hybridized carbons (Fsp3) is 0.300. The molecule has 0 saturated carbocycles. The molecule has 0 unspecified atom stereocenters. The average Bonchev–Trinajstić information content (AvgIpc) is 3.18. The van der Waals surface area contributed by atoms with Gasteiger partial charge in [-0.3, -0.25) is 9.59 Å². The number of amides is 2. The predicted molar refractivity (Wildman–Crippen MR) is 146 cm³/mol. The van der Waals surface area contributed by atoms with Crippen molar-refractivity contribution in [3.63, 3.8) is 0 Å². The van der Waals surface area contributed by atoms with Crippen LogP contribution < -0.4 is 4.74 Å². The van der Waals surface area contributed by atoms with Crippen molar-refractivity contribution in [2.75, 3.05) is 46.4 Å². The van der Waals surface area contributed by atoms with Crippen LogP contribution in [0.3, 0.4) is 0 Å². The number of H-pyrrole nitrogens is 1. The second kappa shape index (κ2) is 9.95. The standard InChI is InChI=1S/C30H31N5O3/c1-20-31-26-9-7-24(18-27(26)32-20)23-8-10-28-25(17-23)19-35(15-16-38-28)30(37)22-5-3-21(4-6-22)29(36)34-13-11-33(2)12-14-34/h3-10,17-18H,11-16,19H2,1-2H3,(H,31,32). The second-order valence-corrected chi connectivity index (χ2v) is 10.1. The fourth-order valence-electron chi connectivity index (χ4n) is 5.19. The molecule has 0 aliphatic carbocycles. The first kappa shape index (κ1) is 24.2. The topological polar surface area (TPSA) is 81.8 Å². The Balaban J connectivity index is 1.19. The van der Waals surface area contributed by atoms with Crippen LogP contribution >= 0.6 is 0 Å². The maximum Gasteiger partial charge on any atom is 0.254 e. The molecule has 1 fully saturated rings. The highest BCUT2D eigenvalue weighted by atomic mass is 16.5. The van der Waals surface area contributed by atoms with Crippen LogP contribution in [0.25, 0.3) is 22.2 Å². The van der Waals surface area contributed by atoms with Gasteiger partial charge in [-0.1, -0.05) is 12.1 Å². The second-order valence-electron chi connectivity index (χ2n) is 10.1. The summed E-state index contributed by atoms with van der Waals surface area (Å²) in [5.74, 6) is 1.64. The summed E-state index contributed by atoms with van der Waals surface area (Å²) in [6, 6.07) is 19.4. The van der Waals surface area contributed by atoms with Crippen molar-refractivity contribution < 1.29 is 14.3 Å². The maximum absolute atomic E-state index is 13.4. The van der Waals surface area contributed by atoms with E-state index in [-0.39, 0.29) is 11.8 Å². The summed E-state index contributed by atoms with van der Waals surface area (Å²) in [5.41, 5.74) is 6.23. The summed E-state index contributed by atoms with van der Waals surface area (Å²) >= 11 is 0. The molecule has 38 heavy (non-hydrogen) atoms. The monoisotopic (exact) mass is 509 g/mol. The highest BCUT2D eigenvalue weighted by Crippen LogP contribution is 2.31. The fourth-order valence-corrected chi connectivity index (χ4v) is 5.19.